The predicted octanol–water partition coefficient (Wildman–Crippen LogP) is 2.03. The topological polar surface area (TPSA) is 54.5 Å². The molecule has 0 spiro atoms. The molecule has 0 saturated carbocycles. The van der Waals surface area contributed by atoms with Gasteiger partial charge in [0.2, 0.25) is 0 Å². The molecule has 0 aliphatic carbocycles. The predicted molar refractivity (Wildman–Crippen MR) is 89.4 cm³/mol. The van der Waals surface area contributed by atoms with E-state index in [0.29, 0.717) is 12.1 Å². The van der Waals surface area contributed by atoms with Crippen molar-refractivity contribution in [3.8, 4) is 0 Å². The van der Waals surface area contributed by atoms with Crippen molar-refractivity contribution in [2.24, 2.45) is 0 Å². The van der Waals surface area contributed by atoms with Crippen LogP contribution in [0.1, 0.15) is 30.6 Å². The number of nitrogens with one attached hydrogen (secondary N) is 1. The Kier molecular flexibility index (Phi) is 6.23. The van der Waals surface area contributed by atoms with Crippen molar-refractivity contribution < 1.29 is 9.53 Å². The molecule has 6 heteroatoms. The molecule has 22 heavy (non-hydrogen) atoms. The van der Waals surface area contributed by atoms with E-state index in [0.717, 1.165) is 37.8 Å². The van der Waals surface area contributed by atoms with Crippen molar-refractivity contribution in [1.29, 1.82) is 0 Å². The first-order chi connectivity index (χ1) is 10.6. The molecule has 1 aromatic rings. The third-order valence-electron chi connectivity index (χ3n) is 4.38. The van der Waals surface area contributed by atoms with Gasteiger partial charge in [-0.25, -0.2) is 4.98 Å². The van der Waals surface area contributed by atoms with E-state index in [1.165, 1.54) is 11.8 Å². The van der Waals surface area contributed by atoms with Crippen molar-refractivity contribution in [2.75, 3.05) is 39.1 Å². The fraction of sp³-hybridized carbons (Fsp3) is 0.625. The Bertz CT molecular complexity index is 506. The molecule has 1 fully saturated rings. The van der Waals surface area contributed by atoms with Crippen molar-refractivity contribution in [3.63, 3.8) is 0 Å². The minimum absolute atomic E-state index is 0.0405. The Morgan fingerprint density at radius 1 is 1.50 bits per heavy atom. The van der Waals surface area contributed by atoms with Crippen LogP contribution in [-0.4, -0.2) is 60.4 Å². The van der Waals surface area contributed by atoms with Gasteiger partial charge in [-0.3, -0.25) is 9.69 Å². The summed E-state index contributed by atoms with van der Waals surface area (Å²) in [5.41, 5.74) is 0.608. The van der Waals surface area contributed by atoms with Crippen LogP contribution in [0.3, 0.4) is 0 Å². The highest BCUT2D eigenvalue weighted by atomic mass is 32.2. The van der Waals surface area contributed by atoms with E-state index in [-0.39, 0.29) is 11.4 Å². The van der Waals surface area contributed by atoms with Crippen LogP contribution in [0.5, 0.6) is 0 Å². The lowest BCUT2D eigenvalue weighted by Crippen LogP contribution is -2.56. The highest BCUT2D eigenvalue weighted by Gasteiger charge is 2.31. The molecule has 2 heterocycles. The van der Waals surface area contributed by atoms with Gasteiger partial charge in [0, 0.05) is 31.4 Å². The number of carbonyl (C=O) groups is 1. The number of thioether (sulfide) groups is 1. The zero-order valence-corrected chi connectivity index (χ0v) is 14.4. The number of morpholine rings is 1. The van der Waals surface area contributed by atoms with Crippen molar-refractivity contribution in [2.45, 2.75) is 30.8 Å². The first-order valence-corrected chi connectivity index (χ1v) is 8.93. The smallest absolute Gasteiger partial charge is 0.254 e. The highest BCUT2D eigenvalue weighted by Crippen LogP contribution is 2.21. The van der Waals surface area contributed by atoms with Gasteiger partial charge in [0.15, 0.2) is 0 Å². The summed E-state index contributed by atoms with van der Waals surface area (Å²) in [6.45, 7) is 8.37. The van der Waals surface area contributed by atoms with Gasteiger partial charge in [0.1, 0.15) is 5.03 Å². The summed E-state index contributed by atoms with van der Waals surface area (Å²) < 4.78 is 5.42. The number of hydrogen-bond acceptors (Lipinski definition) is 5. The average Bonchev–Trinajstić information content (AvgIpc) is 2.60. The molecule has 0 bridgehead atoms. The molecule has 1 aromatic heterocycles. The summed E-state index contributed by atoms with van der Waals surface area (Å²) in [7, 11) is 0. The van der Waals surface area contributed by atoms with Gasteiger partial charge in [-0.1, -0.05) is 6.92 Å². The van der Waals surface area contributed by atoms with Crippen LogP contribution in [-0.2, 0) is 4.74 Å². The Hall–Kier alpha value is -1.11. The van der Waals surface area contributed by atoms with Crippen LogP contribution in [0.25, 0.3) is 0 Å². The summed E-state index contributed by atoms with van der Waals surface area (Å²) in [6, 6.07) is 3.63. The lowest BCUT2D eigenvalue weighted by molar-refractivity contribution is -0.0169. The highest BCUT2D eigenvalue weighted by molar-refractivity contribution is 7.98. The Balaban J connectivity index is 2.01. The van der Waals surface area contributed by atoms with E-state index >= 15 is 0 Å². The molecule has 122 valence electrons. The minimum Gasteiger partial charge on any atom is -0.379 e. The van der Waals surface area contributed by atoms with Crippen molar-refractivity contribution in [1.82, 2.24) is 15.2 Å². The molecule has 1 saturated heterocycles. The number of rotatable bonds is 6. The molecule has 1 amide bonds. The van der Waals surface area contributed by atoms with Gasteiger partial charge in [-0.05, 0) is 31.7 Å². The van der Waals surface area contributed by atoms with Crippen LogP contribution < -0.4 is 5.32 Å². The number of hydrogen-bond donors (Lipinski definition) is 1. The molecule has 1 aliphatic rings. The maximum absolute atomic E-state index is 12.5. The molecule has 2 rings (SSSR count). The maximum atomic E-state index is 12.5. The average molecular weight is 323 g/mol. The number of carbonyl (C=O) groups excluding carboxylic acids is 1. The van der Waals surface area contributed by atoms with Crippen LogP contribution >= 0.6 is 11.8 Å². The summed E-state index contributed by atoms with van der Waals surface area (Å²) >= 11 is 1.49. The Morgan fingerprint density at radius 3 is 2.86 bits per heavy atom. The fourth-order valence-corrected chi connectivity index (χ4v) is 3.20. The summed E-state index contributed by atoms with van der Waals surface area (Å²) in [4.78, 5) is 19.1. The summed E-state index contributed by atoms with van der Waals surface area (Å²) in [5, 5.41) is 3.86. The van der Waals surface area contributed by atoms with Gasteiger partial charge in [-0.2, -0.15) is 0 Å². The second-order valence-electron chi connectivity index (χ2n) is 5.69. The number of pyridine rings is 1. The standard InChI is InChI=1S/C16H25N3O2S/c1-4-16(2,19-8-10-21-11-9-19)12-18-14(20)13-6-5-7-17-15(13)22-3/h5-7H,4,8-12H2,1-3H3,(H,18,20)/t16-/m1/s1. The van der Waals surface area contributed by atoms with Gasteiger partial charge in [-0.15, -0.1) is 11.8 Å². The third kappa shape index (κ3) is 4.00. The Morgan fingerprint density at radius 2 is 2.23 bits per heavy atom. The summed E-state index contributed by atoms with van der Waals surface area (Å²) in [6.07, 6.45) is 4.63. The number of ether oxygens (including phenoxy) is 1. The zero-order valence-electron chi connectivity index (χ0n) is 13.6. The van der Waals surface area contributed by atoms with Crippen LogP contribution in [0.4, 0.5) is 0 Å². The quantitative estimate of drug-likeness (QED) is 0.812. The molecule has 0 unspecified atom stereocenters. The molecule has 0 radical (unpaired) electrons. The van der Waals surface area contributed by atoms with E-state index in [1.54, 1.807) is 12.3 Å². The lowest BCUT2D eigenvalue weighted by atomic mass is 9.95. The largest absolute Gasteiger partial charge is 0.379 e. The fourth-order valence-electron chi connectivity index (χ4n) is 2.66. The van der Waals surface area contributed by atoms with Crippen LogP contribution in [0, 0.1) is 0 Å². The van der Waals surface area contributed by atoms with E-state index < -0.39 is 0 Å². The van der Waals surface area contributed by atoms with Crippen molar-refractivity contribution >= 4 is 17.7 Å². The first-order valence-electron chi connectivity index (χ1n) is 7.70. The molecule has 5 nitrogen and oxygen atoms in total. The van der Waals surface area contributed by atoms with E-state index in [4.69, 9.17) is 4.74 Å². The zero-order chi connectivity index (χ0) is 16.0. The molecule has 1 N–H and O–H groups in total. The van der Waals surface area contributed by atoms with Gasteiger partial charge in [0.05, 0.1) is 18.8 Å². The third-order valence-corrected chi connectivity index (χ3v) is 5.09. The number of aromatic nitrogens is 1. The van der Waals surface area contributed by atoms with Gasteiger partial charge >= 0.3 is 0 Å². The van der Waals surface area contributed by atoms with Crippen molar-refractivity contribution in [3.05, 3.63) is 23.9 Å². The van der Waals surface area contributed by atoms with Crippen LogP contribution in [0.2, 0.25) is 0 Å². The monoisotopic (exact) mass is 323 g/mol. The van der Waals surface area contributed by atoms with E-state index in [9.17, 15) is 4.79 Å². The molecule has 1 atom stereocenters. The first kappa shape index (κ1) is 17.2. The summed E-state index contributed by atoms with van der Waals surface area (Å²) in [5.74, 6) is -0.0506. The number of amides is 1. The molecular formula is C16H25N3O2S. The number of nitrogens with zero attached hydrogens (tertiary/aromatic N) is 2. The SMILES string of the molecule is CC[C@](C)(CNC(=O)c1cccnc1SC)N1CCOCC1. The molecule has 0 aromatic carbocycles. The maximum Gasteiger partial charge on any atom is 0.254 e. The van der Waals surface area contributed by atoms with Crippen LogP contribution in [0.15, 0.2) is 23.4 Å². The second kappa shape index (κ2) is 7.94. The Labute approximate surface area is 136 Å². The van der Waals surface area contributed by atoms with Gasteiger partial charge in [0.25, 0.3) is 5.91 Å². The molecule has 1 aliphatic heterocycles. The lowest BCUT2D eigenvalue weighted by Gasteiger charge is -2.43. The minimum atomic E-state index is -0.0506. The van der Waals surface area contributed by atoms with E-state index in [2.05, 4.69) is 29.0 Å². The normalized spacial score (nSPS) is 18.7. The van der Waals surface area contributed by atoms with Gasteiger partial charge < -0.3 is 10.1 Å². The molecular weight excluding hydrogens is 298 g/mol. The van der Waals surface area contributed by atoms with E-state index in [1.807, 2.05) is 12.3 Å². The second-order valence-corrected chi connectivity index (χ2v) is 6.49.